The molecular formula is C44H28N2O. The molecule has 0 radical (unpaired) electrons. The maximum Gasteiger partial charge on any atom is 0.137 e. The molecule has 3 heteroatoms. The average molecular weight is 601 g/mol. The highest BCUT2D eigenvalue weighted by atomic mass is 16.3. The first-order chi connectivity index (χ1) is 23.3. The van der Waals surface area contributed by atoms with Gasteiger partial charge in [0.2, 0.25) is 0 Å². The lowest BCUT2D eigenvalue weighted by Crippen LogP contribution is -2.09. The molecule has 0 atom stereocenters. The van der Waals surface area contributed by atoms with Crippen LogP contribution in [-0.2, 0) is 0 Å². The Morgan fingerprint density at radius 2 is 1.04 bits per heavy atom. The molecule has 2 aromatic heterocycles. The summed E-state index contributed by atoms with van der Waals surface area (Å²) in [6, 6.07) is 60.7. The summed E-state index contributed by atoms with van der Waals surface area (Å²) >= 11 is 0. The SMILES string of the molecule is c1ccc(N(c2ccccc2)c2ccc3oc4cc5c(cc4c3c2)c2c3ccccc3ccc2n5-c2ccc3ccccc3c2)cc1. The summed E-state index contributed by atoms with van der Waals surface area (Å²) in [5.74, 6) is 0. The minimum absolute atomic E-state index is 0.879. The van der Waals surface area contributed by atoms with Crippen molar-refractivity contribution >= 4 is 82.4 Å². The molecule has 47 heavy (non-hydrogen) atoms. The van der Waals surface area contributed by atoms with Gasteiger partial charge in [0, 0.05) is 50.4 Å². The van der Waals surface area contributed by atoms with Crippen LogP contribution in [0.4, 0.5) is 17.1 Å². The van der Waals surface area contributed by atoms with E-state index in [0.717, 1.165) is 50.2 Å². The molecule has 8 aromatic carbocycles. The first-order valence-electron chi connectivity index (χ1n) is 16.0. The van der Waals surface area contributed by atoms with Crippen molar-refractivity contribution < 1.29 is 4.42 Å². The molecule has 0 aliphatic heterocycles. The van der Waals surface area contributed by atoms with Crippen LogP contribution in [0.25, 0.3) is 71.0 Å². The highest BCUT2D eigenvalue weighted by molar-refractivity contribution is 6.24. The van der Waals surface area contributed by atoms with Gasteiger partial charge in [-0.05, 0) is 88.3 Å². The number of hydrogen-bond donors (Lipinski definition) is 0. The van der Waals surface area contributed by atoms with E-state index in [9.17, 15) is 0 Å². The first-order valence-corrected chi connectivity index (χ1v) is 16.0. The summed E-state index contributed by atoms with van der Waals surface area (Å²) in [5, 5.41) is 9.63. The van der Waals surface area contributed by atoms with Crippen LogP contribution in [0, 0.1) is 0 Å². The lowest BCUT2D eigenvalue weighted by Gasteiger charge is -2.25. The molecule has 10 aromatic rings. The van der Waals surface area contributed by atoms with Crippen molar-refractivity contribution in [2.24, 2.45) is 0 Å². The lowest BCUT2D eigenvalue weighted by molar-refractivity contribution is 0.669. The number of nitrogens with zero attached hydrogens (tertiary/aromatic N) is 2. The van der Waals surface area contributed by atoms with Crippen LogP contribution >= 0.6 is 0 Å². The maximum atomic E-state index is 6.62. The van der Waals surface area contributed by atoms with Gasteiger partial charge in [-0.1, -0.05) is 97.1 Å². The second-order valence-electron chi connectivity index (χ2n) is 12.2. The summed E-state index contributed by atoms with van der Waals surface area (Å²) in [7, 11) is 0. The summed E-state index contributed by atoms with van der Waals surface area (Å²) in [5.41, 5.74) is 8.52. The normalized spacial score (nSPS) is 11.8. The summed E-state index contributed by atoms with van der Waals surface area (Å²) in [6.45, 7) is 0. The maximum absolute atomic E-state index is 6.62. The Morgan fingerprint density at radius 1 is 0.383 bits per heavy atom. The van der Waals surface area contributed by atoms with Gasteiger partial charge in [-0.15, -0.1) is 0 Å². The van der Waals surface area contributed by atoms with E-state index < -0.39 is 0 Å². The third-order valence-electron chi connectivity index (χ3n) is 9.51. The second kappa shape index (κ2) is 10.1. The van der Waals surface area contributed by atoms with Crippen LogP contribution in [0.5, 0.6) is 0 Å². The van der Waals surface area contributed by atoms with Crippen LogP contribution in [0.3, 0.4) is 0 Å². The third-order valence-corrected chi connectivity index (χ3v) is 9.51. The van der Waals surface area contributed by atoms with Gasteiger partial charge in [0.05, 0.1) is 11.0 Å². The number of fused-ring (bicyclic) bond motifs is 9. The molecule has 10 rings (SSSR count). The van der Waals surface area contributed by atoms with Crippen molar-refractivity contribution in [2.75, 3.05) is 4.90 Å². The van der Waals surface area contributed by atoms with E-state index in [1.54, 1.807) is 0 Å². The molecule has 0 amide bonds. The van der Waals surface area contributed by atoms with Crippen LogP contribution in [0.2, 0.25) is 0 Å². The Labute approximate surface area is 271 Å². The molecule has 0 unspecified atom stereocenters. The van der Waals surface area contributed by atoms with Crippen molar-refractivity contribution in [3.05, 3.63) is 170 Å². The van der Waals surface area contributed by atoms with Crippen LogP contribution in [0.15, 0.2) is 174 Å². The zero-order valence-corrected chi connectivity index (χ0v) is 25.5. The Morgan fingerprint density at radius 3 is 1.83 bits per heavy atom. The molecule has 0 bridgehead atoms. The molecule has 0 saturated carbocycles. The van der Waals surface area contributed by atoms with Crippen LogP contribution in [-0.4, -0.2) is 4.57 Å². The van der Waals surface area contributed by atoms with E-state index in [1.165, 1.54) is 37.8 Å². The number of furan rings is 1. The average Bonchev–Trinajstić information content (AvgIpc) is 3.66. The molecule has 0 spiro atoms. The van der Waals surface area contributed by atoms with Crippen molar-refractivity contribution in [1.29, 1.82) is 0 Å². The minimum atomic E-state index is 0.879. The third kappa shape index (κ3) is 4.00. The van der Waals surface area contributed by atoms with Gasteiger partial charge in [0.15, 0.2) is 0 Å². The second-order valence-corrected chi connectivity index (χ2v) is 12.2. The predicted octanol–water partition coefficient (Wildman–Crippen LogP) is 12.5. The Bertz CT molecular complexity index is 2750. The van der Waals surface area contributed by atoms with Gasteiger partial charge < -0.3 is 13.9 Å². The standard InChI is InChI=1S/C44H28N2O/c1-3-14-32(15-4-1)45(33-16-5-2-6-17-33)35-22-24-42-37(26-35)38-27-39-41(28-43(38)47-42)46(34-21-19-29-11-7-8-13-31(29)25-34)40-23-20-30-12-9-10-18-36(30)44(39)40/h1-28H. The zero-order valence-electron chi connectivity index (χ0n) is 25.5. The van der Waals surface area contributed by atoms with Gasteiger partial charge in [-0.2, -0.15) is 0 Å². The van der Waals surface area contributed by atoms with E-state index >= 15 is 0 Å². The molecule has 3 nitrogen and oxygen atoms in total. The smallest absolute Gasteiger partial charge is 0.137 e. The molecule has 220 valence electrons. The molecular weight excluding hydrogens is 572 g/mol. The number of anilines is 3. The topological polar surface area (TPSA) is 21.3 Å². The van der Waals surface area contributed by atoms with Crippen LogP contribution < -0.4 is 4.90 Å². The predicted molar refractivity (Wildman–Crippen MR) is 198 cm³/mol. The molecule has 0 N–H and O–H groups in total. The monoisotopic (exact) mass is 600 g/mol. The fourth-order valence-corrected chi connectivity index (χ4v) is 7.38. The Kier molecular flexibility index (Phi) is 5.57. The van der Waals surface area contributed by atoms with E-state index in [0.29, 0.717) is 0 Å². The van der Waals surface area contributed by atoms with Crippen molar-refractivity contribution in [3.63, 3.8) is 0 Å². The number of rotatable bonds is 4. The van der Waals surface area contributed by atoms with Gasteiger partial charge in [0.25, 0.3) is 0 Å². The first kappa shape index (κ1) is 26.0. The zero-order chi connectivity index (χ0) is 30.9. The Hall–Kier alpha value is -6.32. The molecule has 0 aliphatic rings. The number of benzene rings is 8. The largest absolute Gasteiger partial charge is 0.456 e. The molecule has 0 saturated heterocycles. The minimum Gasteiger partial charge on any atom is -0.456 e. The van der Waals surface area contributed by atoms with Gasteiger partial charge >= 0.3 is 0 Å². The van der Waals surface area contributed by atoms with Gasteiger partial charge in [0.1, 0.15) is 11.2 Å². The summed E-state index contributed by atoms with van der Waals surface area (Å²) in [6.07, 6.45) is 0. The molecule has 2 heterocycles. The lowest BCUT2D eigenvalue weighted by atomic mass is 10.0. The molecule has 0 fully saturated rings. The van der Waals surface area contributed by atoms with Gasteiger partial charge in [-0.3, -0.25) is 0 Å². The quantitative estimate of drug-likeness (QED) is 0.200. The summed E-state index contributed by atoms with van der Waals surface area (Å²) < 4.78 is 9.02. The molecule has 0 aliphatic carbocycles. The van der Waals surface area contributed by atoms with Crippen molar-refractivity contribution in [3.8, 4) is 5.69 Å². The Balaban J connectivity index is 1.27. The fourth-order valence-electron chi connectivity index (χ4n) is 7.38. The van der Waals surface area contributed by atoms with Crippen molar-refractivity contribution in [2.45, 2.75) is 0 Å². The van der Waals surface area contributed by atoms with E-state index in [4.69, 9.17) is 4.42 Å². The summed E-state index contributed by atoms with van der Waals surface area (Å²) in [4.78, 5) is 2.30. The van der Waals surface area contributed by atoms with Crippen molar-refractivity contribution in [1.82, 2.24) is 4.57 Å². The van der Waals surface area contributed by atoms with Gasteiger partial charge in [-0.25, -0.2) is 0 Å². The number of para-hydroxylation sites is 2. The van der Waals surface area contributed by atoms with E-state index in [-0.39, 0.29) is 0 Å². The van der Waals surface area contributed by atoms with E-state index in [2.05, 4.69) is 179 Å². The van der Waals surface area contributed by atoms with Crippen LogP contribution in [0.1, 0.15) is 0 Å². The fraction of sp³-hybridized carbons (Fsp3) is 0. The van der Waals surface area contributed by atoms with E-state index in [1.807, 2.05) is 0 Å². The number of hydrogen-bond acceptors (Lipinski definition) is 2. The highest BCUT2D eigenvalue weighted by Crippen LogP contribution is 2.43. The number of aromatic nitrogens is 1. The highest BCUT2D eigenvalue weighted by Gasteiger charge is 2.20.